The van der Waals surface area contributed by atoms with Crippen molar-refractivity contribution in [1.29, 1.82) is 0 Å². The van der Waals surface area contributed by atoms with Gasteiger partial charge in [0.1, 0.15) is 0 Å². The summed E-state index contributed by atoms with van der Waals surface area (Å²) in [5.74, 6) is 0.867. The van der Waals surface area contributed by atoms with Gasteiger partial charge in [0.15, 0.2) is 0 Å². The Hall–Kier alpha value is -0.570. The number of piperidine rings is 1. The Bertz CT molecular complexity index is 231. The van der Waals surface area contributed by atoms with E-state index in [1.807, 2.05) is 0 Å². The van der Waals surface area contributed by atoms with Gasteiger partial charge >= 0.3 is 0 Å². The van der Waals surface area contributed by atoms with Gasteiger partial charge in [0, 0.05) is 6.04 Å². The van der Waals surface area contributed by atoms with Crippen molar-refractivity contribution >= 4 is 5.91 Å². The lowest BCUT2D eigenvalue weighted by Gasteiger charge is -2.31. The van der Waals surface area contributed by atoms with Gasteiger partial charge in [0.25, 0.3) is 0 Å². The topological polar surface area (TPSA) is 41.1 Å². The Morgan fingerprint density at radius 2 is 2.00 bits per heavy atom. The molecule has 1 atom stereocenters. The second-order valence-electron chi connectivity index (χ2n) is 5.06. The van der Waals surface area contributed by atoms with Crippen LogP contribution in [0.4, 0.5) is 0 Å². The van der Waals surface area contributed by atoms with Gasteiger partial charge in [-0.2, -0.15) is 0 Å². The maximum Gasteiger partial charge on any atom is 0.226 e. The van der Waals surface area contributed by atoms with E-state index in [9.17, 15) is 4.79 Å². The number of nitrogens with one attached hydrogen (secondary N) is 2. The van der Waals surface area contributed by atoms with E-state index in [-0.39, 0.29) is 5.41 Å². The third-order valence-corrected chi connectivity index (χ3v) is 3.77. The molecule has 0 aromatic heterocycles. The predicted octanol–water partition coefficient (Wildman–Crippen LogP) is 0.901. The molecule has 2 N–H and O–H groups in total. The van der Waals surface area contributed by atoms with Crippen LogP contribution in [0.5, 0.6) is 0 Å². The predicted molar refractivity (Wildman–Crippen MR) is 55.9 cm³/mol. The van der Waals surface area contributed by atoms with Crippen LogP contribution in [-0.4, -0.2) is 25.0 Å². The number of hydrogen-bond donors (Lipinski definition) is 2. The van der Waals surface area contributed by atoms with E-state index in [0.717, 1.165) is 32.4 Å². The fraction of sp³-hybridized carbons (Fsp3) is 0.909. The summed E-state index contributed by atoms with van der Waals surface area (Å²) in [5.41, 5.74) is -0.0276. The standard InChI is InChI=1S/C11H20N2O/c1-8(2)9-7-11(10(14)13-9)3-5-12-6-4-11/h8-9,12H,3-7H2,1-2H3,(H,13,14). The van der Waals surface area contributed by atoms with Crippen LogP contribution in [0.1, 0.15) is 33.1 Å². The molecule has 14 heavy (non-hydrogen) atoms. The van der Waals surface area contributed by atoms with Crippen LogP contribution in [0.15, 0.2) is 0 Å². The molecule has 2 rings (SSSR count). The lowest BCUT2D eigenvalue weighted by Crippen LogP contribution is -2.41. The first-order chi connectivity index (χ1) is 6.64. The van der Waals surface area contributed by atoms with Crippen molar-refractivity contribution in [3.63, 3.8) is 0 Å². The van der Waals surface area contributed by atoms with Gasteiger partial charge < -0.3 is 10.6 Å². The van der Waals surface area contributed by atoms with Crippen LogP contribution in [-0.2, 0) is 4.79 Å². The minimum atomic E-state index is -0.0276. The molecule has 2 fully saturated rings. The molecule has 2 saturated heterocycles. The van der Waals surface area contributed by atoms with Crippen LogP contribution in [0.25, 0.3) is 0 Å². The van der Waals surface area contributed by atoms with E-state index in [0.29, 0.717) is 17.9 Å². The normalized spacial score (nSPS) is 31.1. The summed E-state index contributed by atoms with van der Waals surface area (Å²) in [7, 11) is 0. The highest BCUT2D eigenvalue weighted by atomic mass is 16.2. The maximum atomic E-state index is 11.9. The van der Waals surface area contributed by atoms with Gasteiger partial charge in [-0.25, -0.2) is 0 Å². The van der Waals surface area contributed by atoms with Gasteiger partial charge in [0.05, 0.1) is 5.41 Å². The van der Waals surface area contributed by atoms with Crippen molar-refractivity contribution < 1.29 is 4.79 Å². The van der Waals surface area contributed by atoms with E-state index in [4.69, 9.17) is 0 Å². The van der Waals surface area contributed by atoms with Crippen molar-refractivity contribution in [2.24, 2.45) is 11.3 Å². The van der Waals surface area contributed by atoms with Crippen molar-refractivity contribution in [1.82, 2.24) is 10.6 Å². The van der Waals surface area contributed by atoms with Crippen LogP contribution in [0.3, 0.4) is 0 Å². The number of hydrogen-bond acceptors (Lipinski definition) is 2. The molecule has 0 bridgehead atoms. The maximum absolute atomic E-state index is 11.9. The minimum absolute atomic E-state index is 0.0276. The van der Waals surface area contributed by atoms with Gasteiger partial charge in [-0.3, -0.25) is 4.79 Å². The van der Waals surface area contributed by atoms with E-state index < -0.39 is 0 Å². The molecule has 1 amide bonds. The third-order valence-electron chi connectivity index (χ3n) is 3.77. The van der Waals surface area contributed by atoms with E-state index in [1.165, 1.54) is 0 Å². The SMILES string of the molecule is CC(C)C1CC2(CCNCC2)C(=O)N1. The molecule has 0 saturated carbocycles. The summed E-state index contributed by atoms with van der Waals surface area (Å²) in [6, 6.07) is 0.403. The molecule has 1 spiro atoms. The largest absolute Gasteiger partial charge is 0.353 e. The average molecular weight is 196 g/mol. The molecule has 0 aromatic rings. The Morgan fingerprint density at radius 1 is 1.36 bits per heavy atom. The Labute approximate surface area is 85.6 Å². The first-order valence-electron chi connectivity index (χ1n) is 5.66. The molecule has 2 aliphatic rings. The van der Waals surface area contributed by atoms with E-state index in [1.54, 1.807) is 0 Å². The van der Waals surface area contributed by atoms with Crippen molar-refractivity contribution in [3.8, 4) is 0 Å². The van der Waals surface area contributed by atoms with Crippen LogP contribution in [0, 0.1) is 11.3 Å². The second-order valence-corrected chi connectivity index (χ2v) is 5.06. The fourth-order valence-electron chi connectivity index (χ4n) is 2.63. The Balaban J connectivity index is 2.09. The van der Waals surface area contributed by atoms with Crippen LogP contribution in [0.2, 0.25) is 0 Å². The van der Waals surface area contributed by atoms with Gasteiger partial charge in [0.2, 0.25) is 5.91 Å². The summed E-state index contributed by atoms with van der Waals surface area (Å²) in [6.07, 6.45) is 3.08. The minimum Gasteiger partial charge on any atom is -0.353 e. The molecule has 2 heterocycles. The molecule has 1 unspecified atom stereocenters. The fourth-order valence-corrected chi connectivity index (χ4v) is 2.63. The zero-order valence-electron chi connectivity index (χ0n) is 9.10. The van der Waals surface area contributed by atoms with Crippen molar-refractivity contribution in [2.75, 3.05) is 13.1 Å². The van der Waals surface area contributed by atoms with Crippen molar-refractivity contribution in [2.45, 2.75) is 39.2 Å². The molecular formula is C11H20N2O. The summed E-state index contributed by atoms with van der Waals surface area (Å²) >= 11 is 0. The average Bonchev–Trinajstić information content (AvgIpc) is 2.46. The highest BCUT2D eigenvalue weighted by Crippen LogP contribution is 2.40. The molecule has 80 valence electrons. The first-order valence-corrected chi connectivity index (χ1v) is 5.66. The highest BCUT2D eigenvalue weighted by Gasteiger charge is 2.47. The molecular weight excluding hydrogens is 176 g/mol. The monoisotopic (exact) mass is 196 g/mol. The van der Waals surface area contributed by atoms with Crippen molar-refractivity contribution in [3.05, 3.63) is 0 Å². The zero-order chi connectivity index (χ0) is 10.2. The highest BCUT2D eigenvalue weighted by molar-refractivity contribution is 5.85. The lowest BCUT2D eigenvalue weighted by molar-refractivity contribution is -0.128. The molecule has 0 radical (unpaired) electrons. The molecule has 0 aromatic carbocycles. The summed E-state index contributed by atoms with van der Waals surface area (Å²) in [5, 5.41) is 6.47. The third kappa shape index (κ3) is 1.54. The van der Waals surface area contributed by atoms with E-state index in [2.05, 4.69) is 24.5 Å². The number of carbonyl (C=O) groups is 1. The zero-order valence-corrected chi connectivity index (χ0v) is 9.10. The first kappa shape index (κ1) is 9.97. The van der Waals surface area contributed by atoms with E-state index >= 15 is 0 Å². The number of rotatable bonds is 1. The molecule has 0 aliphatic carbocycles. The van der Waals surface area contributed by atoms with Crippen LogP contribution >= 0.6 is 0 Å². The number of amides is 1. The Morgan fingerprint density at radius 3 is 2.50 bits per heavy atom. The molecule has 3 nitrogen and oxygen atoms in total. The van der Waals surface area contributed by atoms with Gasteiger partial charge in [-0.05, 0) is 38.3 Å². The van der Waals surface area contributed by atoms with Gasteiger partial charge in [-0.15, -0.1) is 0 Å². The second kappa shape index (κ2) is 3.54. The number of carbonyl (C=O) groups excluding carboxylic acids is 1. The Kier molecular flexibility index (Phi) is 2.52. The summed E-state index contributed by atoms with van der Waals surface area (Å²) in [6.45, 7) is 6.37. The summed E-state index contributed by atoms with van der Waals surface area (Å²) in [4.78, 5) is 11.9. The molecule has 3 heteroatoms. The van der Waals surface area contributed by atoms with Gasteiger partial charge in [-0.1, -0.05) is 13.8 Å². The van der Waals surface area contributed by atoms with Crippen LogP contribution < -0.4 is 10.6 Å². The summed E-state index contributed by atoms with van der Waals surface area (Å²) < 4.78 is 0. The lowest BCUT2D eigenvalue weighted by atomic mass is 9.75. The quantitative estimate of drug-likeness (QED) is 0.654. The smallest absolute Gasteiger partial charge is 0.226 e. The molecule has 2 aliphatic heterocycles.